The molecule has 5 rings (SSSR count). The second-order valence-electron chi connectivity index (χ2n) is 10.2. The molecule has 2 aliphatic rings. The van der Waals surface area contributed by atoms with E-state index >= 15 is 0 Å². The minimum absolute atomic E-state index is 0.100. The number of hydrogen-bond acceptors (Lipinski definition) is 15. The van der Waals surface area contributed by atoms with Gasteiger partial charge in [0.15, 0.2) is 30.0 Å². The second kappa shape index (κ2) is 12.6. The van der Waals surface area contributed by atoms with Crippen LogP contribution in [0, 0.1) is 0 Å². The Hall–Kier alpha value is -4.33. The molecule has 0 saturated carbocycles. The predicted molar refractivity (Wildman–Crippen MR) is 144 cm³/mol. The van der Waals surface area contributed by atoms with E-state index in [1.807, 2.05) is 0 Å². The number of carboxylic acids is 2. The topological polar surface area (TPSA) is 272 Å². The highest BCUT2D eigenvalue weighted by Crippen LogP contribution is 2.35. The minimum atomic E-state index is -2.14. The molecule has 0 aliphatic carbocycles. The van der Waals surface area contributed by atoms with Gasteiger partial charge in [-0.15, -0.1) is 0 Å². The molecule has 8 N–H and O–H groups in total. The summed E-state index contributed by atoms with van der Waals surface area (Å²) in [6, 6.07) is 9.73. The van der Waals surface area contributed by atoms with Gasteiger partial charge in [0, 0.05) is 23.8 Å². The number of aliphatic hydroxyl groups is 5. The SMILES string of the molecule is COc1ccc(-c2cc(=O)c3c(O)cc(O[C@@H]4OC(C(=O)O)[C@@H](O)C(O)[C@@H]4O[C@@H]4OC(C(=O)O)[C@@H](O)C(O)[C@@H]4O)cc3o2)cc1. The number of benzene rings is 2. The zero-order chi connectivity index (χ0) is 32.7. The zero-order valence-corrected chi connectivity index (χ0v) is 23.1. The second-order valence-corrected chi connectivity index (χ2v) is 10.2. The Morgan fingerprint density at radius 2 is 1.36 bits per heavy atom. The number of ether oxygens (including phenoxy) is 5. The van der Waals surface area contributed by atoms with Crippen molar-refractivity contribution in [1.82, 2.24) is 0 Å². The van der Waals surface area contributed by atoms with Gasteiger partial charge in [0.05, 0.1) is 7.11 Å². The van der Waals surface area contributed by atoms with Gasteiger partial charge in [-0.05, 0) is 24.3 Å². The first-order valence-electron chi connectivity index (χ1n) is 13.2. The quantitative estimate of drug-likeness (QED) is 0.138. The molecule has 0 radical (unpaired) electrons. The van der Waals surface area contributed by atoms with E-state index in [-0.39, 0.29) is 22.5 Å². The fraction of sp³-hybridized carbons (Fsp3) is 0.393. The third-order valence-corrected chi connectivity index (χ3v) is 7.30. The average Bonchev–Trinajstić information content (AvgIpc) is 2.99. The summed E-state index contributed by atoms with van der Waals surface area (Å²) in [6.45, 7) is 0. The van der Waals surface area contributed by atoms with E-state index in [2.05, 4.69) is 0 Å². The number of carbonyl (C=O) groups is 2. The molecule has 1 aromatic heterocycles. The van der Waals surface area contributed by atoms with Gasteiger partial charge in [0.2, 0.25) is 6.29 Å². The summed E-state index contributed by atoms with van der Waals surface area (Å²) in [4.78, 5) is 36.1. The molecule has 17 nitrogen and oxygen atoms in total. The molecule has 0 spiro atoms. The Morgan fingerprint density at radius 3 is 1.96 bits per heavy atom. The summed E-state index contributed by atoms with van der Waals surface area (Å²) in [5.74, 6) is -3.74. The van der Waals surface area contributed by atoms with Gasteiger partial charge in [-0.2, -0.15) is 0 Å². The van der Waals surface area contributed by atoms with Crippen LogP contribution in [0.2, 0.25) is 0 Å². The van der Waals surface area contributed by atoms with Crippen molar-refractivity contribution in [1.29, 1.82) is 0 Å². The lowest BCUT2D eigenvalue weighted by molar-refractivity contribution is -0.350. The maximum atomic E-state index is 12.9. The van der Waals surface area contributed by atoms with E-state index in [0.717, 1.165) is 18.2 Å². The summed E-state index contributed by atoms with van der Waals surface area (Å²) in [6.07, 6.45) is -20.7. The summed E-state index contributed by atoms with van der Waals surface area (Å²) < 4.78 is 32.5. The Morgan fingerprint density at radius 1 is 0.756 bits per heavy atom. The van der Waals surface area contributed by atoms with Crippen LogP contribution in [0.15, 0.2) is 51.7 Å². The van der Waals surface area contributed by atoms with E-state index in [1.54, 1.807) is 24.3 Å². The molecule has 2 fully saturated rings. The van der Waals surface area contributed by atoms with Gasteiger partial charge < -0.3 is 69.0 Å². The fourth-order valence-electron chi connectivity index (χ4n) is 4.94. The normalized spacial score (nSPS) is 31.8. The zero-order valence-electron chi connectivity index (χ0n) is 23.1. The van der Waals surface area contributed by atoms with Crippen LogP contribution in [-0.4, -0.2) is 121 Å². The molecule has 17 heteroatoms. The maximum absolute atomic E-state index is 12.9. The van der Waals surface area contributed by atoms with Crippen molar-refractivity contribution in [2.75, 3.05) is 7.11 Å². The Kier molecular flexibility index (Phi) is 8.97. The highest BCUT2D eigenvalue weighted by Gasteiger charge is 2.54. The molecule has 0 amide bonds. The minimum Gasteiger partial charge on any atom is -0.507 e. The lowest BCUT2D eigenvalue weighted by Gasteiger charge is -2.44. The summed E-state index contributed by atoms with van der Waals surface area (Å²) >= 11 is 0. The number of aromatic hydroxyl groups is 1. The highest BCUT2D eigenvalue weighted by atomic mass is 16.8. The number of rotatable bonds is 8. The van der Waals surface area contributed by atoms with Gasteiger partial charge >= 0.3 is 11.9 Å². The summed E-state index contributed by atoms with van der Waals surface area (Å²) in [7, 11) is 1.48. The molecule has 3 aromatic rings. The Balaban J connectivity index is 1.49. The van der Waals surface area contributed by atoms with Crippen molar-refractivity contribution in [3.63, 3.8) is 0 Å². The average molecular weight is 637 g/mol. The van der Waals surface area contributed by atoms with Gasteiger partial charge in [-0.25, -0.2) is 9.59 Å². The van der Waals surface area contributed by atoms with Crippen molar-refractivity contribution in [2.45, 2.75) is 61.4 Å². The van der Waals surface area contributed by atoms with Crippen LogP contribution in [0.4, 0.5) is 0 Å². The van der Waals surface area contributed by atoms with Gasteiger partial charge in [0.1, 0.15) is 64.5 Å². The van der Waals surface area contributed by atoms with Crippen LogP contribution in [0.5, 0.6) is 17.2 Å². The van der Waals surface area contributed by atoms with Crippen LogP contribution in [-0.2, 0) is 23.8 Å². The number of aliphatic carboxylic acids is 2. The monoisotopic (exact) mass is 636 g/mol. The molecule has 242 valence electrons. The largest absolute Gasteiger partial charge is 0.507 e. The number of methoxy groups -OCH3 is 1. The molecule has 10 atom stereocenters. The van der Waals surface area contributed by atoms with E-state index < -0.39 is 84.5 Å². The van der Waals surface area contributed by atoms with Crippen LogP contribution < -0.4 is 14.9 Å². The molecule has 0 bridgehead atoms. The van der Waals surface area contributed by atoms with E-state index in [9.17, 15) is 55.2 Å². The van der Waals surface area contributed by atoms with Gasteiger partial charge in [-0.3, -0.25) is 4.79 Å². The third-order valence-electron chi connectivity index (χ3n) is 7.30. The standard InChI is InChI=1S/C28H28O17/c1-40-10-4-2-9(3-5-10)14-8-13(30)16-12(29)6-11(7-15(16)42-14)41-28-24(20(34)19(33)23(44-28)26(38)39)45-27-21(35)17(31)18(32)22(43-27)25(36)37/h2-8,17-24,27-29,31-35H,1H3,(H,36,37)(H,38,39)/t17?,18-,19-,20?,21-,22?,23?,24-,27-,28+/m0/s1. The molecular formula is C28H28O17. The lowest BCUT2D eigenvalue weighted by Crippen LogP contribution is -2.66. The van der Waals surface area contributed by atoms with E-state index in [4.69, 9.17) is 28.1 Å². The maximum Gasteiger partial charge on any atom is 0.335 e. The number of aliphatic hydroxyl groups excluding tert-OH is 5. The van der Waals surface area contributed by atoms with Crippen LogP contribution in [0.1, 0.15) is 0 Å². The number of fused-ring (bicyclic) bond motifs is 1. The highest BCUT2D eigenvalue weighted by molar-refractivity contribution is 5.86. The molecule has 2 aliphatic heterocycles. The number of hydrogen-bond donors (Lipinski definition) is 8. The van der Waals surface area contributed by atoms with Crippen molar-refractivity contribution >= 4 is 22.9 Å². The molecule has 2 aromatic carbocycles. The lowest BCUT2D eigenvalue weighted by atomic mass is 9.97. The molecule has 2 saturated heterocycles. The predicted octanol–water partition coefficient (Wildman–Crippen LogP) is -1.64. The molecular weight excluding hydrogens is 608 g/mol. The van der Waals surface area contributed by atoms with Crippen molar-refractivity contribution in [3.05, 3.63) is 52.7 Å². The van der Waals surface area contributed by atoms with Gasteiger partial charge in [-0.1, -0.05) is 0 Å². The number of phenols is 1. The number of carboxylic acid groups (broad SMARTS) is 2. The number of phenolic OH excluding ortho intramolecular Hbond substituents is 1. The molecule has 45 heavy (non-hydrogen) atoms. The van der Waals surface area contributed by atoms with Crippen LogP contribution in [0.3, 0.4) is 0 Å². The molecule has 4 unspecified atom stereocenters. The first-order valence-corrected chi connectivity index (χ1v) is 13.2. The first kappa shape index (κ1) is 32.1. The van der Waals surface area contributed by atoms with Crippen LogP contribution in [0.25, 0.3) is 22.3 Å². The van der Waals surface area contributed by atoms with Crippen molar-refractivity contribution in [3.8, 4) is 28.6 Å². The first-order chi connectivity index (χ1) is 21.3. The Bertz CT molecular complexity index is 1620. The molecule has 3 heterocycles. The third kappa shape index (κ3) is 6.15. The Labute approximate surface area is 251 Å². The van der Waals surface area contributed by atoms with Gasteiger partial charge in [0.25, 0.3) is 0 Å². The van der Waals surface area contributed by atoms with Crippen molar-refractivity contribution < 1.29 is 78.5 Å². The summed E-state index contributed by atoms with van der Waals surface area (Å²) in [5.41, 5.74) is -0.327. The van der Waals surface area contributed by atoms with E-state index in [1.165, 1.54) is 7.11 Å². The van der Waals surface area contributed by atoms with Crippen LogP contribution >= 0.6 is 0 Å². The van der Waals surface area contributed by atoms with E-state index in [0.29, 0.717) is 11.3 Å². The summed E-state index contributed by atoms with van der Waals surface area (Å²) in [5, 5.41) is 80.9. The smallest absolute Gasteiger partial charge is 0.335 e. The fourth-order valence-corrected chi connectivity index (χ4v) is 4.94. The van der Waals surface area contributed by atoms with Crippen molar-refractivity contribution in [2.24, 2.45) is 0 Å².